The number of fused-ring (bicyclic) bond motifs is 1. The van der Waals surface area contributed by atoms with E-state index in [9.17, 15) is 22.0 Å². The van der Waals surface area contributed by atoms with Crippen molar-refractivity contribution >= 4 is 32.5 Å². The second-order valence-electron chi connectivity index (χ2n) is 6.07. The van der Waals surface area contributed by atoms with Gasteiger partial charge in [0, 0.05) is 6.20 Å². The van der Waals surface area contributed by atoms with Gasteiger partial charge in [-0.2, -0.15) is 0 Å². The van der Waals surface area contributed by atoms with Crippen LogP contribution in [0.2, 0.25) is 0 Å². The summed E-state index contributed by atoms with van der Waals surface area (Å²) < 4.78 is 60.6. The minimum atomic E-state index is -3.83. The minimum Gasteiger partial charge on any atom is -0.477 e. The van der Waals surface area contributed by atoms with Crippen molar-refractivity contribution in [2.75, 3.05) is 17.1 Å². The molecule has 0 spiro atoms. The molecule has 0 aliphatic heterocycles. The highest BCUT2D eigenvalue weighted by Gasteiger charge is 2.27. The predicted octanol–water partition coefficient (Wildman–Crippen LogP) is 3.02. The number of benzene rings is 1. The summed E-state index contributed by atoms with van der Waals surface area (Å²) in [7, 11) is -3.83. The van der Waals surface area contributed by atoms with Crippen LogP contribution in [0.3, 0.4) is 0 Å². The molecule has 0 atom stereocenters. The van der Waals surface area contributed by atoms with Crippen molar-refractivity contribution in [3.05, 3.63) is 47.4 Å². The van der Waals surface area contributed by atoms with Gasteiger partial charge in [0.25, 0.3) is 0 Å². The number of ether oxygens (including phenoxy) is 1. The summed E-state index contributed by atoms with van der Waals surface area (Å²) in [6.07, 6.45) is 2.78. The molecule has 0 unspecified atom stereocenters. The number of nitrogens with zero attached hydrogens (tertiary/aromatic N) is 2. The number of H-pyrrole nitrogens is 1. The van der Waals surface area contributed by atoms with Gasteiger partial charge in [-0.1, -0.05) is 6.92 Å². The molecule has 3 rings (SSSR count). The zero-order valence-corrected chi connectivity index (χ0v) is 16.4. The summed E-state index contributed by atoms with van der Waals surface area (Å²) in [5, 5.41) is 0.176. The summed E-state index contributed by atoms with van der Waals surface area (Å²) in [6, 6.07) is 1.76. The lowest BCUT2D eigenvalue weighted by molar-refractivity contribution is 0.103. The lowest BCUT2D eigenvalue weighted by atomic mass is 10.0. The van der Waals surface area contributed by atoms with E-state index in [-0.39, 0.29) is 34.8 Å². The Labute approximate surface area is 165 Å². The molecule has 29 heavy (non-hydrogen) atoms. The number of sulfonamides is 1. The Kier molecular flexibility index (Phi) is 5.78. The highest BCUT2D eigenvalue weighted by molar-refractivity contribution is 7.92. The fourth-order valence-electron chi connectivity index (χ4n) is 2.82. The van der Waals surface area contributed by atoms with Crippen LogP contribution in [0.1, 0.15) is 36.2 Å². The van der Waals surface area contributed by atoms with Crippen LogP contribution < -0.4 is 9.46 Å². The van der Waals surface area contributed by atoms with Crippen molar-refractivity contribution in [1.82, 2.24) is 15.0 Å². The first-order valence-corrected chi connectivity index (χ1v) is 10.4. The van der Waals surface area contributed by atoms with Crippen molar-refractivity contribution in [3.8, 4) is 5.88 Å². The maximum atomic E-state index is 14.9. The van der Waals surface area contributed by atoms with E-state index >= 15 is 0 Å². The van der Waals surface area contributed by atoms with E-state index in [2.05, 4.69) is 15.0 Å². The van der Waals surface area contributed by atoms with Gasteiger partial charge in [-0.25, -0.2) is 27.2 Å². The molecule has 0 saturated heterocycles. The first kappa shape index (κ1) is 20.6. The third-order valence-corrected chi connectivity index (χ3v) is 5.49. The largest absolute Gasteiger partial charge is 0.477 e. The highest BCUT2D eigenvalue weighted by Crippen LogP contribution is 2.30. The molecule has 0 amide bonds. The van der Waals surface area contributed by atoms with Crippen LogP contribution in [0.4, 0.5) is 14.5 Å². The number of aromatic amines is 1. The van der Waals surface area contributed by atoms with Crippen LogP contribution in [-0.2, 0) is 10.0 Å². The van der Waals surface area contributed by atoms with Crippen molar-refractivity contribution in [2.24, 2.45) is 0 Å². The predicted molar refractivity (Wildman–Crippen MR) is 103 cm³/mol. The molecule has 2 aromatic heterocycles. The quantitative estimate of drug-likeness (QED) is 0.538. The molecule has 0 saturated carbocycles. The first-order valence-electron chi connectivity index (χ1n) is 8.77. The molecule has 154 valence electrons. The molecule has 3 aromatic rings. The van der Waals surface area contributed by atoms with Crippen LogP contribution in [0.25, 0.3) is 11.0 Å². The molecule has 11 heteroatoms. The van der Waals surface area contributed by atoms with Crippen LogP contribution in [0.15, 0.2) is 24.7 Å². The Hall–Kier alpha value is -3.08. The number of aromatic nitrogens is 3. The zero-order chi connectivity index (χ0) is 21.2. The number of nitrogens with one attached hydrogen (secondary N) is 2. The van der Waals surface area contributed by atoms with Gasteiger partial charge in [0.05, 0.1) is 34.6 Å². The molecule has 2 N–H and O–H groups in total. The average Bonchev–Trinajstić information content (AvgIpc) is 3.09. The normalized spacial score (nSPS) is 11.6. The molecule has 2 heterocycles. The topological polar surface area (TPSA) is 114 Å². The second kappa shape index (κ2) is 8.11. The summed E-state index contributed by atoms with van der Waals surface area (Å²) >= 11 is 0. The third kappa shape index (κ3) is 4.04. The smallest absolute Gasteiger partial charge is 0.232 e. The fourth-order valence-corrected chi connectivity index (χ4v) is 3.95. The molecule has 8 nitrogen and oxygen atoms in total. The summed E-state index contributed by atoms with van der Waals surface area (Å²) in [6.45, 7) is 3.61. The Balaban J connectivity index is 2.11. The van der Waals surface area contributed by atoms with Crippen LogP contribution in [0, 0.1) is 11.6 Å². The van der Waals surface area contributed by atoms with Crippen molar-refractivity contribution in [3.63, 3.8) is 0 Å². The van der Waals surface area contributed by atoms with Crippen molar-refractivity contribution in [2.45, 2.75) is 20.3 Å². The van der Waals surface area contributed by atoms with E-state index in [0.29, 0.717) is 6.42 Å². The second-order valence-corrected chi connectivity index (χ2v) is 7.91. The van der Waals surface area contributed by atoms with Gasteiger partial charge in [0.1, 0.15) is 17.8 Å². The number of halogens is 2. The van der Waals surface area contributed by atoms with Crippen molar-refractivity contribution < 1.29 is 26.7 Å². The maximum Gasteiger partial charge on any atom is 0.232 e. The lowest BCUT2D eigenvalue weighted by Crippen LogP contribution is -2.18. The van der Waals surface area contributed by atoms with E-state index in [4.69, 9.17) is 4.74 Å². The van der Waals surface area contributed by atoms with Gasteiger partial charge < -0.3 is 9.72 Å². The number of carbonyl (C=O) groups excluding carboxylic acids is 1. The summed E-state index contributed by atoms with van der Waals surface area (Å²) in [5.74, 6) is -3.60. The molecule has 0 fully saturated rings. The first-order chi connectivity index (χ1) is 13.8. The fraction of sp³-hybridized carbons (Fsp3) is 0.278. The molecule has 0 aliphatic carbocycles. The Morgan fingerprint density at radius 3 is 2.69 bits per heavy atom. The van der Waals surface area contributed by atoms with Crippen LogP contribution in [-0.4, -0.2) is 41.5 Å². The molecule has 0 radical (unpaired) electrons. The molecule has 1 aromatic carbocycles. The van der Waals surface area contributed by atoms with Gasteiger partial charge in [0.2, 0.25) is 21.7 Å². The van der Waals surface area contributed by atoms with Crippen LogP contribution >= 0.6 is 0 Å². The van der Waals surface area contributed by atoms with Gasteiger partial charge in [-0.15, -0.1) is 0 Å². The number of anilines is 1. The Morgan fingerprint density at radius 1 is 1.24 bits per heavy atom. The Morgan fingerprint density at radius 2 is 2.00 bits per heavy atom. The van der Waals surface area contributed by atoms with E-state index in [1.165, 1.54) is 12.5 Å². The monoisotopic (exact) mass is 424 g/mol. The highest BCUT2D eigenvalue weighted by atomic mass is 32.2. The standard InChI is InChI=1S/C18H18F2N4O4S/c1-3-7-29(26,27)24-12-6-5-11(19)14(15(12)20)16(25)10-8-21-17-13(10)18(28-4-2)23-9-22-17/h5-6,8-9,24H,3-4,7H2,1-2H3,(H,21,22,23). The molecule has 0 bridgehead atoms. The summed E-state index contributed by atoms with van der Waals surface area (Å²) in [5.41, 5.74) is -1.25. The zero-order valence-electron chi connectivity index (χ0n) is 15.6. The number of hydrogen-bond acceptors (Lipinski definition) is 6. The van der Waals surface area contributed by atoms with Gasteiger partial charge in [-0.05, 0) is 25.5 Å². The lowest BCUT2D eigenvalue weighted by Gasteiger charge is -2.11. The number of rotatable bonds is 8. The van der Waals surface area contributed by atoms with E-state index in [0.717, 1.165) is 12.1 Å². The van der Waals surface area contributed by atoms with E-state index in [1.807, 2.05) is 4.72 Å². The SMILES string of the molecule is CCCS(=O)(=O)Nc1ccc(F)c(C(=O)c2c[nH]c3ncnc(OCC)c23)c1F. The van der Waals surface area contributed by atoms with Crippen LogP contribution in [0.5, 0.6) is 5.88 Å². The molecular formula is C18H18F2N4O4S. The van der Waals surface area contributed by atoms with E-state index < -0.39 is 38.7 Å². The minimum absolute atomic E-state index is 0.0859. The van der Waals surface area contributed by atoms with Crippen molar-refractivity contribution in [1.29, 1.82) is 0 Å². The maximum absolute atomic E-state index is 14.9. The van der Waals surface area contributed by atoms with Gasteiger partial charge in [-0.3, -0.25) is 9.52 Å². The van der Waals surface area contributed by atoms with Gasteiger partial charge >= 0.3 is 0 Å². The average molecular weight is 424 g/mol. The summed E-state index contributed by atoms with van der Waals surface area (Å²) in [4.78, 5) is 23.6. The number of ketones is 1. The third-order valence-electron chi connectivity index (χ3n) is 4.02. The Bertz CT molecular complexity index is 1180. The van der Waals surface area contributed by atoms with E-state index in [1.54, 1.807) is 13.8 Å². The number of hydrogen-bond donors (Lipinski definition) is 2. The number of carbonyl (C=O) groups is 1. The molecular weight excluding hydrogens is 406 g/mol. The van der Waals surface area contributed by atoms with Gasteiger partial charge in [0.15, 0.2) is 5.82 Å². The molecule has 0 aliphatic rings.